The highest BCUT2D eigenvalue weighted by Crippen LogP contribution is 2.12. The summed E-state index contributed by atoms with van der Waals surface area (Å²) in [5, 5.41) is 0. The third kappa shape index (κ3) is 5.21. The number of aryl methyl sites for hydroxylation is 1. The van der Waals surface area contributed by atoms with Gasteiger partial charge in [0.15, 0.2) is 0 Å². The molecular formula is C15H25ClN2O. The molecule has 0 spiro atoms. The largest absolute Gasteiger partial charge is 0.341 e. The molecule has 0 saturated heterocycles. The van der Waals surface area contributed by atoms with Crippen molar-refractivity contribution in [2.75, 3.05) is 7.05 Å². The fraction of sp³-hybridized carbons (Fsp3) is 0.533. The van der Waals surface area contributed by atoms with Gasteiger partial charge < -0.3 is 10.6 Å². The van der Waals surface area contributed by atoms with Crippen molar-refractivity contribution in [1.82, 2.24) is 4.90 Å². The first-order valence-corrected chi connectivity index (χ1v) is 6.53. The number of hydrogen-bond acceptors (Lipinski definition) is 2. The van der Waals surface area contributed by atoms with Crippen molar-refractivity contribution >= 4 is 18.3 Å². The van der Waals surface area contributed by atoms with Crippen LogP contribution in [0.2, 0.25) is 0 Å². The van der Waals surface area contributed by atoms with Crippen molar-refractivity contribution in [1.29, 1.82) is 0 Å². The number of carbonyl (C=O) groups excluding carboxylic acids is 1. The number of halogens is 1. The van der Waals surface area contributed by atoms with Gasteiger partial charge in [-0.1, -0.05) is 36.8 Å². The lowest BCUT2D eigenvalue weighted by Crippen LogP contribution is -2.45. The van der Waals surface area contributed by atoms with E-state index in [2.05, 4.69) is 38.1 Å². The molecule has 0 heterocycles. The second-order valence-corrected chi connectivity index (χ2v) is 4.99. The van der Waals surface area contributed by atoms with Crippen LogP contribution in [0.5, 0.6) is 0 Å². The number of rotatable bonds is 5. The number of amides is 1. The zero-order valence-corrected chi connectivity index (χ0v) is 13.0. The highest BCUT2D eigenvalue weighted by molar-refractivity contribution is 5.85. The zero-order chi connectivity index (χ0) is 13.7. The van der Waals surface area contributed by atoms with E-state index in [0.717, 1.165) is 12.8 Å². The number of likely N-dealkylation sites (N-methyl/N-ethyl adjacent to an activating group) is 1. The van der Waals surface area contributed by atoms with E-state index in [0.29, 0.717) is 0 Å². The van der Waals surface area contributed by atoms with Crippen molar-refractivity contribution in [3.63, 3.8) is 0 Å². The number of carbonyl (C=O) groups is 1. The van der Waals surface area contributed by atoms with Crippen LogP contribution >= 0.6 is 12.4 Å². The minimum Gasteiger partial charge on any atom is -0.341 e. The van der Waals surface area contributed by atoms with E-state index >= 15 is 0 Å². The first-order chi connectivity index (χ1) is 8.45. The Morgan fingerprint density at radius 1 is 1.32 bits per heavy atom. The molecule has 1 amide bonds. The Morgan fingerprint density at radius 3 is 2.26 bits per heavy atom. The summed E-state index contributed by atoms with van der Waals surface area (Å²) in [6.45, 7) is 5.91. The van der Waals surface area contributed by atoms with E-state index in [1.165, 1.54) is 11.1 Å². The molecule has 2 N–H and O–H groups in total. The summed E-state index contributed by atoms with van der Waals surface area (Å²) < 4.78 is 0. The molecule has 0 aliphatic rings. The topological polar surface area (TPSA) is 46.3 Å². The van der Waals surface area contributed by atoms with Gasteiger partial charge in [-0.05, 0) is 32.3 Å². The third-order valence-corrected chi connectivity index (χ3v) is 3.35. The summed E-state index contributed by atoms with van der Waals surface area (Å²) in [6.07, 6.45) is 1.81. The van der Waals surface area contributed by atoms with Crippen molar-refractivity contribution in [2.45, 2.75) is 45.7 Å². The summed E-state index contributed by atoms with van der Waals surface area (Å²) in [6, 6.07) is 8.25. The quantitative estimate of drug-likeness (QED) is 0.903. The Kier molecular flexibility index (Phi) is 7.72. The fourth-order valence-corrected chi connectivity index (χ4v) is 2.05. The molecular weight excluding hydrogens is 260 g/mol. The van der Waals surface area contributed by atoms with Crippen molar-refractivity contribution in [2.24, 2.45) is 5.73 Å². The molecule has 108 valence electrons. The second kappa shape index (κ2) is 8.18. The van der Waals surface area contributed by atoms with Crippen LogP contribution in [0.4, 0.5) is 0 Å². The van der Waals surface area contributed by atoms with Gasteiger partial charge in [-0.25, -0.2) is 0 Å². The number of benzene rings is 1. The third-order valence-electron chi connectivity index (χ3n) is 3.35. The van der Waals surface area contributed by atoms with Crippen LogP contribution in [0, 0.1) is 6.92 Å². The Balaban J connectivity index is 0.00000324. The lowest BCUT2D eigenvalue weighted by atomic mass is 10.0. The number of hydrogen-bond donors (Lipinski definition) is 1. The molecule has 0 aliphatic carbocycles. The van der Waals surface area contributed by atoms with Gasteiger partial charge in [0.2, 0.25) is 5.91 Å². The summed E-state index contributed by atoms with van der Waals surface area (Å²) in [5.74, 6) is 0.00830. The minimum absolute atomic E-state index is 0. The highest BCUT2D eigenvalue weighted by atomic mass is 35.5. The molecule has 1 aromatic carbocycles. The van der Waals surface area contributed by atoms with Crippen LogP contribution in [-0.2, 0) is 11.2 Å². The Morgan fingerprint density at radius 2 is 1.84 bits per heavy atom. The first-order valence-electron chi connectivity index (χ1n) is 6.53. The van der Waals surface area contributed by atoms with Gasteiger partial charge in [0.05, 0.1) is 6.04 Å². The van der Waals surface area contributed by atoms with Crippen LogP contribution < -0.4 is 5.73 Å². The SMILES string of the molecule is CCC(Cc1ccc(C)cc1)N(C)C(=O)[C@H](C)N.Cl. The molecule has 2 atom stereocenters. The fourth-order valence-electron chi connectivity index (χ4n) is 2.05. The Labute approximate surface area is 122 Å². The van der Waals surface area contributed by atoms with Crippen LogP contribution in [0.15, 0.2) is 24.3 Å². The Hall–Kier alpha value is -1.06. The molecule has 0 bridgehead atoms. The van der Waals surface area contributed by atoms with E-state index < -0.39 is 6.04 Å². The number of nitrogens with two attached hydrogens (primary N) is 1. The normalized spacial score (nSPS) is 13.3. The predicted molar refractivity (Wildman–Crippen MR) is 82.6 cm³/mol. The lowest BCUT2D eigenvalue weighted by Gasteiger charge is -2.29. The average molecular weight is 285 g/mol. The maximum Gasteiger partial charge on any atom is 0.239 e. The lowest BCUT2D eigenvalue weighted by molar-refractivity contribution is -0.133. The van der Waals surface area contributed by atoms with Gasteiger partial charge in [0, 0.05) is 13.1 Å². The van der Waals surface area contributed by atoms with Gasteiger partial charge in [-0.15, -0.1) is 12.4 Å². The zero-order valence-electron chi connectivity index (χ0n) is 12.2. The molecule has 0 fully saturated rings. The molecule has 1 rings (SSSR count). The van der Waals surface area contributed by atoms with Gasteiger partial charge >= 0.3 is 0 Å². The van der Waals surface area contributed by atoms with Gasteiger partial charge in [0.25, 0.3) is 0 Å². The molecule has 0 saturated carbocycles. The summed E-state index contributed by atoms with van der Waals surface area (Å²) in [7, 11) is 1.84. The molecule has 1 aromatic rings. The summed E-state index contributed by atoms with van der Waals surface area (Å²) in [4.78, 5) is 13.7. The van der Waals surface area contributed by atoms with Gasteiger partial charge in [-0.2, -0.15) is 0 Å². The van der Waals surface area contributed by atoms with E-state index in [9.17, 15) is 4.79 Å². The molecule has 4 heteroatoms. The van der Waals surface area contributed by atoms with Gasteiger partial charge in [-0.3, -0.25) is 4.79 Å². The molecule has 3 nitrogen and oxygen atoms in total. The van der Waals surface area contributed by atoms with Crippen molar-refractivity contribution in [3.05, 3.63) is 35.4 Å². The smallest absolute Gasteiger partial charge is 0.239 e. The van der Waals surface area contributed by atoms with E-state index in [1.54, 1.807) is 11.8 Å². The van der Waals surface area contributed by atoms with Crippen LogP contribution in [0.3, 0.4) is 0 Å². The first kappa shape index (κ1) is 17.9. The summed E-state index contributed by atoms with van der Waals surface area (Å²) in [5.41, 5.74) is 8.17. The molecule has 19 heavy (non-hydrogen) atoms. The molecule has 0 radical (unpaired) electrons. The van der Waals surface area contributed by atoms with Crippen molar-refractivity contribution in [3.8, 4) is 0 Å². The average Bonchev–Trinajstić information content (AvgIpc) is 2.36. The molecule has 1 unspecified atom stereocenters. The molecule has 0 aromatic heterocycles. The van der Waals surface area contributed by atoms with Crippen molar-refractivity contribution < 1.29 is 4.79 Å². The minimum atomic E-state index is -0.429. The van der Waals surface area contributed by atoms with Crippen LogP contribution in [0.25, 0.3) is 0 Å². The van der Waals surface area contributed by atoms with E-state index in [-0.39, 0.29) is 24.4 Å². The predicted octanol–water partition coefficient (Wildman–Crippen LogP) is 2.54. The van der Waals surface area contributed by atoms with E-state index in [4.69, 9.17) is 5.73 Å². The monoisotopic (exact) mass is 284 g/mol. The van der Waals surface area contributed by atoms with E-state index in [1.807, 2.05) is 7.05 Å². The number of nitrogens with zero attached hydrogens (tertiary/aromatic N) is 1. The Bertz CT molecular complexity index is 390. The maximum atomic E-state index is 11.9. The molecule has 0 aliphatic heterocycles. The maximum absolute atomic E-state index is 11.9. The standard InChI is InChI=1S/C15H24N2O.ClH/c1-5-14(17(4)15(18)12(3)16)10-13-8-6-11(2)7-9-13;/h6-9,12,14H,5,10,16H2,1-4H3;1H/t12-,14?;/m0./s1. The van der Waals surface area contributed by atoms with Crippen LogP contribution in [-0.4, -0.2) is 29.9 Å². The van der Waals surface area contributed by atoms with Crippen LogP contribution in [0.1, 0.15) is 31.4 Å². The summed E-state index contributed by atoms with van der Waals surface area (Å²) >= 11 is 0. The highest BCUT2D eigenvalue weighted by Gasteiger charge is 2.21. The second-order valence-electron chi connectivity index (χ2n) is 4.99. The van der Waals surface area contributed by atoms with Gasteiger partial charge in [0.1, 0.15) is 0 Å².